The predicted molar refractivity (Wildman–Crippen MR) is 78.3 cm³/mol. The number of ether oxygens (including phenoxy) is 4. The van der Waals surface area contributed by atoms with E-state index in [1.54, 1.807) is 7.11 Å². The summed E-state index contributed by atoms with van der Waals surface area (Å²) in [6.07, 6.45) is -0.713. The summed E-state index contributed by atoms with van der Waals surface area (Å²) in [5, 5.41) is 2.41. The summed E-state index contributed by atoms with van der Waals surface area (Å²) in [4.78, 5) is 23.3. The van der Waals surface area contributed by atoms with Gasteiger partial charge in [0, 0.05) is 7.11 Å². The van der Waals surface area contributed by atoms with Crippen LogP contribution in [0.1, 0.15) is 5.56 Å². The van der Waals surface area contributed by atoms with Gasteiger partial charge in [-0.3, -0.25) is 0 Å². The molecule has 0 fully saturated rings. The first-order valence-corrected chi connectivity index (χ1v) is 6.79. The summed E-state index contributed by atoms with van der Waals surface area (Å²) in [6, 6.07) is 8.30. The van der Waals surface area contributed by atoms with Gasteiger partial charge in [-0.15, -0.1) is 0 Å². The van der Waals surface area contributed by atoms with E-state index in [2.05, 4.69) is 10.1 Å². The maximum Gasteiger partial charge on any atom is 0.408 e. The lowest BCUT2D eigenvalue weighted by Gasteiger charge is -2.16. The number of hydrogen-bond acceptors (Lipinski definition) is 6. The molecule has 0 aliphatic rings. The molecule has 0 spiro atoms. The first-order chi connectivity index (χ1) is 10.7. The van der Waals surface area contributed by atoms with Crippen LogP contribution in [0.3, 0.4) is 0 Å². The molecule has 1 amide bonds. The molecule has 7 nitrogen and oxygen atoms in total. The topological polar surface area (TPSA) is 83.1 Å². The van der Waals surface area contributed by atoms with Crippen LogP contribution in [0.15, 0.2) is 30.3 Å². The molecule has 1 atom stereocenters. The van der Waals surface area contributed by atoms with E-state index in [1.165, 1.54) is 7.11 Å². The van der Waals surface area contributed by atoms with Crippen LogP contribution in [0.25, 0.3) is 0 Å². The highest BCUT2D eigenvalue weighted by Gasteiger charge is 2.22. The van der Waals surface area contributed by atoms with Gasteiger partial charge >= 0.3 is 12.1 Å². The normalized spacial score (nSPS) is 11.5. The van der Waals surface area contributed by atoms with Gasteiger partial charge in [0.05, 0.1) is 26.9 Å². The number of amides is 1. The van der Waals surface area contributed by atoms with Gasteiger partial charge in [-0.2, -0.15) is 0 Å². The van der Waals surface area contributed by atoms with Gasteiger partial charge in [0.15, 0.2) is 6.04 Å². The summed E-state index contributed by atoms with van der Waals surface area (Å²) in [6.45, 7) is 0.804. The van der Waals surface area contributed by atoms with E-state index in [1.807, 2.05) is 30.3 Å². The molecule has 122 valence electrons. The Morgan fingerprint density at radius 1 is 1.14 bits per heavy atom. The van der Waals surface area contributed by atoms with Crippen molar-refractivity contribution in [2.75, 3.05) is 34.0 Å². The number of carbonyl (C=O) groups excluding carboxylic acids is 2. The Hall–Kier alpha value is -2.12. The van der Waals surface area contributed by atoms with Gasteiger partial charge in [0.1, 0.15) is 6.61 Å². The summed E-state index contributed by atoms with van der Waals surface area (Å²) < 4.78 is 19.7. The van der Waals surface area contributed by atoms with Gasteiger partial charge in [0.2, 0.25) is 0 Å². The Morgan fingerprint density at radius 2 is 1.86 bits per heavy atom. The number of esters is 1. The zero-order valence-electron chi connectivity index (χ0n) is 12.7. The molecular weight excluding hydrogens is 290 g/mol. The summed E-state index contributed by atoms with van der Waals surface area (Å²) >= 11 is 0. The molecule has 0 saturated heterocycles. The van der Waals surface area contributed by atoms with E-state index in [0.717, 1.165) is 5.56 Å². The van der Waals surface area contributed by atoms with Crippen molar-refractivity contribution in [3.63, 3.8) is 0 Å². The molecule has 1 aromatic carbocycles. The molecule has 1 unspecified atom stereocenters. The largest absolute Gasteiger partial charge is 0.467 e. The van der Waals surface area contributed by atoms with E-state index in [9.17, 15) is 9.59 Å². The van der Waals surface area contributed by atoms with Crippen LogP contribution in [0.5, 0.6) is 0 Å². The van der Waals surface area contributed by atoms with Crippen molar-refractivity contribution in [1.29, 1.82) is 0 Å². The molecule has 22 heavy (non-hydrogen) atoms. The average Bonchev–Trinajstić information content (AvgIpc) is 2.56. The molecule has 0 aliphatic heterocycles. The first kappa shape index (κ1) is 17.9. The van der Waals surface area contributed by atoms with E-state index in [4.69, 9.17) is 14.2 Å². The Morgan fingerprint density at radius 3 is 2.50 bits per heavy atom. The number of hydrogen-bond donors (Lipinski definition) is 1. The second kappa shape index (κ2) is 10.6. The number of nitrogens with one attached hydrogen (secondary N) is 1. The highest BCUT2D eigenvalue weighted by molar-refractivity contribution is 5.81. The molecule has 0 bridgehead atoms. The van der Waals surface area contributed by atoms with Gasteiger partial charge < -0.3 is 24.3 Å². The van der Waals surface area contributed by atoms with Crippen molar-refractivity contribution in [3.8, 4) is 0 Å². The Balaban J connectivity index is 2.39. The molecule has 0 radical (unpaired) electrons. The average molecular weight is 311 g/mol. The fourth-order valence-corrected chi connectivity index (χ4v) is 1.56. The molecule has 1 N–H and O–H groups in total. The molecule has 7 heteroatoms. The zero-order chi connectivity index (χ0) is 16.2. The fourth-order valence-electron chi connectivity index (χ4n) is 1.56. The Labute approximate surface area is 129 Å². The number of methoxy groups -OCH3 is 2. The number of carbonyl (C=O) groups is 2. The third kappa shape index (κ3) is 7.05. The molecule has 1 rings (SSSR count). The fraction of sp³-hybridized carbons (Fsp3) is 0.467. The smallest absolute Gasteiger partial charge is 0.408 e. The van der Waals surface area contributed by atoms with Crippen LogP contribution in [-0.2, 0) is 30.3 Å². The van der Waals surface area contributed by atoms with Crippen LogP contribution in [0.4, 0.5) is 4.79 Å². The second-order valence-corrected chi connectivity index (χ2v) is 4.35. The van der Waals surface area contributed by atoms with Gasteiger partial charge in [0.25, 0.3) is 0 Å². The van der Waals surface area contributed by atoms with Crippen LogP contribution in [0, 0.1) is 0 Å². The molecule has 0 aromatic heterocycles. The first-order valence-electron chi connectivity index (χ1n) is 6.79. The predicted octanol–water partition coefficient (Wildman–Crippen LogP) is 1.12. The lowest BCUT2D eigenvalue weighted by molar-refractivity contribution is -0.144. The molecule has 0 saturated carbocycles. The highest BCUT2D eigenvalue weighted by Crippen LogP contribution is 2.01. The van der Waals surface area contributed by atoms with Crippen LogP contribution >= 0.6 is 0 Å². The monoisotopic (exact) mass is 311 g/mol. The van der Waals surface area contributed by atoms with E-state index in [0.29, 0.717) is 13.2 Å². The summed E-state index contributed by atoms with van der Waals surface area (Å²) in [5.74, 6) is -0.603. The van der Waals surface area contributed by atoms with Crippen LogP contribution < -0.4 is 5.32 Å². The van der Waals surface area contributed by atoms with E-state index in [-0.39, 0.29) is 13.2 Å². The van der Waals surface area contributed by atoms with Crippen molar-refractivity contribution in [2.45, 2.75) is 12.6 Å². The zero-order valence-corrected chi connectivity index (χ0v) is 12.7. The molecule has 0 aliphatic carbocycles. The van der Waals surface area contributed by atoms with Gasteiger partial charge in [-0.25, -0.2) is 9.59 Å². The van der Waals surface area contributed by atoms with Crippen molar-refractivity contribution in [1.82, 2.24) is 5.32 Å². The van der Waals surface area contributed by atoms with Gasteiger partial charge in [-0.05, 0) is 5.56 Å². The summed E-state index contributed by atoms with van der Waals surface area (Å²) in [7, 11) is 2.78. The van der Waals surface area contributed by atoms with Crippen molar-refractivity contribution >= 4 is 12.1 Å². The number of alkyl carbamates (subject to hydrolysis) is 1. The lowest BCUT2D eigenvalue weighted by Crippen LogP contribution is -2.45. The molecule has 0 heterocycles. The van der Waals surface area contributed by atoms with Crippen molar-refractivity contribution < 1.29 is 28.5 Å². The van der Waals surface area contributed by atoms with Gasteiger partial charge in [-0.1, -0.05) is 30.3 Å². The van der Waals surface area contributed by atoms with Crippen LogP contribution in [-0.4, -0.2) is 52.1 Å². The van der Waals surface area contributed by atoms with Crippen molar-refractivity contribution in [2.24, 2.45) is 0 Å². The minimum atomic E-state index is -0.926. The lowest BCUT2D eigenvalue weighted by atomic mass is 10.2. The van der Waals surface area contributed by atoms with E-state index < -0.39 is 18.1 Å². The minimum Gasteiger partial charge on any atom is -0.467 e. The third-order valence-electron chi connectivity index (χ3n) is 2.71. The maximum absolute atomic E-state index is 11.7. The standard InChI is InChI=1S/C15H21NO6/c1-19-8-9-21-11-13(14(17)20-2)16-15(18)22-10-12-6-4-3-5-7-12/h3-7,13H,8-11H2,1-2H3,(H,16,18). The quantitative estimate of drug-likeness (QED) is 0.543. The minimum absolute atomic E-state index is 0.0174. The third-order valence-corrected chi connectivity index (χ3v) is 2.71. The summed E-state index contributed by atoms with van der Waals surface area (Å²) in [5.41, 5.74) is 0.851. The van der Waals surface area contributed by atoms with E-state index >= 15 is 0 Å². The molecule has 1 aromatic rings. The SMILES string of the molecule is COCCOCC(NC(=O)OCc1ccccc1)C(=O)OC. The Bertz CT molecular complexity index is 451. The Kier molecular flexibility index (Phi) is 8.63. The number of rotatable bonds is 9. The maximum atomic E-state index is 11.7. The molecular formula is C15H21NO6. The highest BCUT2D eigenvalue weighted by atomic mass is 16.6. The second-order valence-electron chi connectivity index (χ2n) is 4.35. The van der Waals surface area contributed by atoms with Crippen LogP contribution in [0.2, 0.25) is 0 Å². The number of benzene rings is 1. The van der Waals surface area contributed by atoms with Crippen molar-refractivity contribution in [3.05, 3.63) is 35.9 Å².